The summed E-state index contributed by atoms with van der Waals surface area (Å²) in [5.41, 5.74) is 17.5. The zero-order chi connectivity index (χ0) is 46.2. The number of aromatic nitrogens is 8. The topological polar surface area (TPSA) is 267 Å². The highest BCUT2D eigenvalue weighted by Crippen LogP contribution is 2.56. The monoisotopic (exact) mass is 882 g/mol. The number of aryl methyl sites for hydroxylation is 2. The number of anilines is 4. The summed E-state index contributed by atoms with van der Waals surface area (Å²) in [6.45, 7) is 3.75. The SMILES string of the molecule is Cc1ccncc1-c1cc2cc(NC(=O)[C@@H]3[C@@H](CC#N)[C@@H]3c3cnc[nH]3)ncc2c(N)c1F.Cc1ccncc1-c1cc2cc(NC(=O)[C@H]3[C@H](CC#N)[C@H]3c3cnc[nH]3)ncc2c(N)c1F. The van der Waals surface area contributed by atoms with Crippen LogP contribution >= 0.6 is 0 Å². The number of carbonyl (C=O) groups excluding carboxylic acids is 2. The molecule has 10 rings (SSSR count). The standard InChI is InChI=1S/2C24H20FN7O/c2*1-12-3-5-28-8-16(12)15-6-13-7-19(30-9-17(13)23(27)22(15)25)32-24(33)21-14(2-4-26)20(21)18-10-29-11-31-18/h2*3,5-11,14,20-21H,2,27H2,1H3,(H,29,31)(H,30,32,33)/t2*14-,20+,21+/m10/s1. The van der Waals surface area contributed by atoms with Gasteiger partial charge in [0, 0.05) is 119 Å². The first-order chi connectivity index (χ1) is 32.0. The van der Waals surface area contributed by atoms with Crippen molar-refractivity contribution in [3.05, 3.63) is 133 Å². The third-order valence-electron chi connectivity index (χ3n) is 12.5. The van der Waals surface area contributed by atoms with E-state index < -0.39 is 11.6 Å². The van der Waals surface area contributed by atoms with Crippen molar-refractivity contribution < 1.29 is 18.4 Å². The molecule has 16 nitrogen and oxygen atoms in total. The van der Waals surface area contributed by atoms with Crippen molar-refractivity contribution in [3.8, 4) is 34.4 Å². The Morgan fingerprint density at radius 1 is 0.636 bits per heavy atom. The number of rotatable bonds is 10. The first-order valence-electron chi connectivity index (χ1n) is 20.9. The zero-order valence-corrected chi connectivity index (χ0v) is 35.4. The second-order valence-electron chi connectivity index (χ2n) is 16.4. The van der Waals surface area contributed by atoms with Crippen LogP contribution in [0.4, 0.5) is 31.8 Å². The first-order valence-corrected chi connectivity index (χ1v) is 20.9. The van der Waals surface area contributed by atoms with Gasteiger partial charge < -0.3 is 32.1 Å². The van der Waals surface area contributed by atoms with Gasteiger partial charge in [-0.25, -0.2) is 28.7 Å². The summed E-state index contributed by atoms with van der Waals surface area (Å²) < 4.78 is 30.1. The summed E-state index contributed by atoms with van der Waals surface area (Å²) in [6, 6.07) is 14.6. The van der Waals surface area contributed by atoms with E-state index in [1.807, 2.05) is 13.8 Å². The maximum absolute atomic E-state index is 15.0. The van der Waals surface area contributed by atoms with Gasteiger partial charge >= 0.3 is 0 Å². The fourth-order valence-electron chi connectivity index (χ4n) is 8.96. The minimum Gasteiger partial charge on any atom is -0.396 e. The maximum Gasteiger partial charge on any atom is 0.229 e. The Balaban J connectivity index is 0.000000166. The van der Waals surface area contributed by atoms with E-state index >= 15 is 8.78 Å². The second-order valence-corrected chi connectivity index (χ2v) is 16.4. The quantitative estimate of drug-likeness (QED) is 0.0717. The lowest BCUT2D eigenvalue weighted by Crippen LogP contribution is -2.16. The number of imidazole rings is 2. The van der Waals surface area contributed by atoms with Gasteiger partial charge in [-0.3, -0.25) is 19.6 Å². The molecule has 18 heteroatoms. The predicted octanol–water partition coefficient (Wildman–Crippen LogP) is 7.86. The molecule has 2 aliphatic carbocycles. The van der Waals surface area contributed by atoms with Crippen LogP contribution in [0.2, 0.25) is 0 Å². The van der Waals surface area contributed by atoms with Crippen molar-refractivity contribution in [1.29, 1.82) is 10.5 Å². The molecule has 0 radical (unpaired) electrons. The number of H-pyrrole nitrogens is 2. The number of carbonyl (C=O) groups is 2. The highest BCUT2D eigenvalue weighted by atomic mass is 19.1. The number of benzene rings is 2. The second kappa shape index (κ2) is 17.5. The number of nitrogens with two attached hydrogens (primary N) is 2. The molecule has 0 saturated heterocycles. The van der Waals surface area contributed by atoms with E-state index in [1.54, 1.807) is 86.2 Å². The van der Waals surface area contributed by atoms with Crippen LogP contribution in [0.3, 0.4) is 0 Å². The van der Waals surface area contributed by atoms with Crippen molar-refractivity contribution in [2.45, 2.75) is 38.5 Å². The van der Waals surface area contributed by atoms with Gasteiger partial charge in [-0.05, 0) is 84.0 Å². The van der Waals surface area contributed by atoms with Crippen molar-refractivity contribution in [1.82, 2.24) is 39.9 Å². The number of fused-ring (bicyclic) bond motifs is 2. The molecule has 328 valence electrons. The Labute approximate surface area is 375 Å². The van der Waals surface area contributed by atoms with E-state index in [1.165, 1.54) is 12.4 Å². The van der Waals surface area contributed by atoms with Crippen molar-refractivity contribution in [2.24, 2.45) is 23.7 Å². The maximum atomic E-state index is 15.0. The number of hydrogen-bond acceptors (Lipinski definition) is 12. The molecule has 6 heterocycles. The highest BCUT2D eigenvalue weighted by molar-refractivity contribution is 6.02. The molecule has 2 aliphatic rings. The third kappa shape index (κ3) is 7.96. The van der Waals surface area contributed by atoms with Gasteiger partial charge in [0.05, 0.1) is 48.0 Å². The number of amides is 2. The van der Waals surface area contributed by atoms with Gasteiger partial charge in [0.2, 0.25) is 11.8 Å². The molecule has 2 fully saturated rings. The van der Waals surface area contributed by atoms with Crippen molar-refractivity contribution >= 4 is 56.4 Å². The lowest BCUT2D eigenvalue weighted by Gasteiger charge is -2.12. The summed E-state index contributed by atoms with van der Waals surface area (Å²) in [7, 11) is 0. The molecule has 6 aromatic heterocycles. The number of pyridine rings is 4. The van der Waals surface area contributed by atoms with Gasteiger partial charge in [-0.1, -0.05) is 0 Å². The van der Waals surface area contributed by atoms with Crippen LogP contribution in [0.25, 0.3) is 43.8 Å². The van der Waals surface area contributed by atoms with E-state index in [9.17, 15) is 9.59 Å². The zero-order valence-electron chi connectivity index (χ0n) is 35.4. The molecule has 8 aromatic rings. The largest absolute Gasteiger partial charge is 0.396 e. The van der Waals surface area contributed by atoms with Gasteiger partial charge in [0.25, 0.3) is 0 Å². The number of aromatic amines is 2. The fraction of sp³-hybridized carbons (Fsp3) is 0.208. The fourth-order valence-corrected chi connectivity index (χ4v) is 8.96. The number of nitrogen functional groups attached to an aromatic ring is 2. The average molecular weight is 883 g/mol. The van der Waals surface area contributed by atoms with Crippen LogP contribution in [-0.2, 0) is 9.59 Å². The molecule has 2 amide bonds. The molecule has 0 unspecified atom stereocenters. The van der Waals surface area contributed by atoms with E-state index in [2.05, 4.69) is 62.6 Å². The smallest absolute Gasteiger partial charge is 0.229 e. The van der Waals surface area contributed by atoms with Crippen LogP contribution in [-0.4, -0.2) is 51.7 Å². The number of halogens is 2. The molecule has 66 heavy (non-hydrogen) atoms. The van der Waals surface area contributed by atoms with Crippen LogP contribution in [0.1, 0.15) is 47.2 Å². The van der Waals surface area contributed by atoms with Crippen LogP contribution in [0, 0.1) is 71.8 Å². The van der Waals surface area contributed by atoms with Gasteiger partial charge in [-0.15, -0.1) is 0 Å². The minimum atomic E-state index is -0.531. The summed E-state index contributed by atoms with van der Waals surface area (Å²) in [4.78, 5) is 56.7. The summed E-state index contributed by atoms with van der Waals surface area (Å²) in [6.07, 6.45) is 16.4. The number of nitrogens with one attached hydrogen (secondary N) is 4. The highest BCUT2D eigenvalue weighted by Gasteiger charge is 2.57. The number of nitriles is 2. The van der Waals surface area contributed by atoms with Gasteiger partial charge in [0.1, 0.15) is 11.6 Å². The van der Waals surface area contributed by atoms with Gasteiger partial charge in [-0.2, -0.15) is 10.5 Å². The lowest BCUT2D eigenvalue weighted by molar-refractivity contribution is -0.118. The molecule has 0 aliphatic heterocycles. The number of hydrogen-bond donors (Lipinski definition) is 6. The molecular weight excluding hydrogens is 843 g/mol. The lowest BCUT2D eigenvalue weighted by atomic mass is 9.98. The Morgan fingerprint density at radius 2 is 1.06 bits per heavy atom. The third-order valence-corrected chi connectivity index (χ3v) is 12.5. The Bertz CT molecular complexity index is 3040. The molecule has 0 bridgehead atoms. The molecule has 2 saturated carbocycles. The summed E-state index contributed by atoms with van der Waals surface area (Å²) in [5, 5.41) is 26.1. The van der Waals surface area contributed by atoms with Crippen molar-refractivity contribution in [3.63, 3.8) is 0 Å². The van der Waals surface area contributed by atoms with Gasteiger partial charge in [0.15, 0.2) is 11.6 Å². The minimum absolute atomic E-state index is 0.00767. The van der Waals surface area contributed by atoms with E-state index in [-0.39, 0.29) is 71.5 Å². The first kappa shape index (κ1) is 42.7. The summed E-state index contributed by atoms with van der Waals surface area (Å²) >= 11 is 0. The van der Waals surface area contributed by atoms with E-state index in [4.69, 9.17) is 22.0 Å². The van der Waals surface area contributed by atoms with Crippen LogP contribution in [0.15, 0.2) is 98.6 Å². The van der Waals surface area contributed by atoms with E-state index in [0.29, 0.717) is 55.4 Å². The molecular formula is C48H40F2N14O2. The van der Waals surface area contributed by atoms with Crippen LogP contribution < -0.4 is 22.1 Å². The molecule has 6 atom stereocenters. The Kier molecular flexibility index (Phi) is 11.3. The average Bonchev–Trinajstić information content (AvgIpc) is 3.96. The molecule has 8 N–H and O–H groups in total. The molecule has 2 aromatic carbocycles. The van der Waals surface area contributed by atoms with Crippen LogP contribution in [0.5, 0.6) is 0 Å². The molecule has 0 spiro atoms. The predicted molar refractivity (Wildman–Crippen MR) is 242 cm³/mol. The van der Waals surface area contributed by atoms with Crippen molar-refractivity contribution in [2.75, 3.05) is 22.1 Å². The summed E-state index contributed by atoms with van der Waals surface area (Å²) in [5.74, 6) is -1.88. The number of nitrogens with zero attached hydrogens (tertiary/aromatic N) is 8. The van der Waals surface area contributed by atoms with E-state index in [0.717, 1.165) is 22.5 Å². The Hall–Kier alpha value is -8.64. The normalized spacial score (nSPS) is 19.2. The Morgan fingerprint density at radius 3 is 1.42 bits per heavy atom.